The zero-order valence-corrected chi connectivity index (χ0v) is 15.9. The van der Waals surface area contributed by atoms with Gasteiger partial charge in [-0.1, -0.05) is 0 Å². The standard InChI is InChI=1S/C16H25N4O4P/c1-9-18-14-11(15(22)19-9)17-8-20(14)16-13(23-2)12(21)10(24-16)6-7-25(3,4)5/h8,10,12-13,16,21H,3,6-7H2,1-2,4-5H3,(H,18,19,22)/t10?,12-,13-,16-/m1/s1. The molecule has 0 amide bonds. The van der Waals surface area contributed by atoms with Crippen molar-refractivity contribution in [1.82, 2.24) is 19.5 Å². The van der Waals surface area contributed by atoms with Gasteiger partial charge in [0, 0.05) is 7.11 Å². The van der Waals surface area contributed by atoms with E-state index in [1.807, 2.05) is 0 Å². The van der Waals surface area contributed by atoms with Crippen molar-refractivity contribution < 1.29 is 14.6 Å². The van der Waals surface area contributed by atoms with Crippen LogP contribution in [0.3, 0.4) is 0 Å². The molecule has 138 valence electrons. The summed E-state index contributed by atoms with van der Waals surface area (Å²) in [5.74, 6) is 0.493. The predicted octanol–water partition coefficient (Wildman–Crippen LogP) is 0.801. The second-order valence-corrected chi connectivity index (χ2v) is 11.5. The summed E-state index contributed by atoms with van der Waals surface area (Å²) < 4.78 is 13.2. The van der Waals surface area contributed by atoms with Gasteiger partial charge in [0.2, 0.25) is 0 Å². The number of imidazole rings is 1. The molecule has 0 radical (unpaired) electrons. The van der Waals surface area contributed by atoms with Crippen molar-refractivity contribution in [2.24, 2.45) is 0 Å². The number of aliphatic hydroxyl groups is 1. The van der Waals surface area contributed by atoms with E-state index in [1.165, 1.54) is 13.4 Å². The van der Waals surface area contributed by atoms with Crippen molar-refractivity contribution in [3.63, 3.8) is 0 Å². The van der Waals surface area contributed by atoms with Crippen LogP contribution in [-0.2, 0) is 9.47 Å². The Morgan fingerprint density at radius 1 is 1.52 bits per heavy atom. The molecule has 0 bridgehead atoms. The molecule has 1 aliphatic heterocycles. The molecular formula is C16H25N4O4P. The van der Waals surface area contributed by atoms with Gasteiger partial charge in [-0.3, -0.25) is 9.36 Å². The molecule has 4 atom stereocenters. The molecule has 9 heteroatoms. The third-order valence-electron chi connectivity index (χ3n) is 4.43. The maximum absolute atomic E-state index is 12.0. The van der Waals surface area contributed by atoms with Gasteiger partial charge in [-0.15, -0.1) is 13.2 Å². The lowest BCUT2D eigenvalue weighted by Crippen LogP contribution is -2.33. The highest BCUT2D eigenvalue weighted by Crippen LogP contribution is 2.40. The first-order valence-electron chi connectivity index (χ1n) is 8.18. The van der Waals surface area contributed by atoms with Gasteiger partial charge in [0.1, 0.15) is 18.0 Å². The third-order valence-corrected chi connectivity index (χ3v) is 5.90. The van der Waals surface area contributed by atoms with Crippen LogP contribution in [0.1, 0.15) is 18.5 Å². The Morgan fingerprint density at radius 2 is 2.24 bits per heavy atom. The van der Waals surface area contributed by atoms with E-state index in [2.05, 4.69) is 34.6 Å². The molecule has 8 nitrogen and oxygen atoms in total. The van der Waals surface area contributed by atoms with Gasteiger partial charge in [0.15, 0.2) is 17.4 Å². The molecule has 2 aromatic rings. The first-order chi connectivity index (χ1) is 11.7. The van der Waals surface area contributed by atoms with E-state index in [-0.39, 0.29) is 17.2 Å². The fourth-order valence-corrected chi connectivity index (χ4v) is 4.09. The second kappa shape index (κ2) is 6.68. The van der Waals surface area contributed by atoms with Crippen LogP contribution in [0, 0.1) is 6.92 Å². The van der Waals surface area contributed by atoms with E-state index < -0.39 is 25.3 Å². The molecular weight excluding hydrogens is 343 g/mol. The highest BCUT2D eigenvalue weighted by Gasteiger charge is 2.45. The minimum absolute atomic E-state index is 0.242. The van der Waals surface area contributed by atoms with Gasteiger partial charge in [-0.25, -0.2) is 9.97 Å². The fourth-order valence-electron chi connectivity index (χ4n) is 3.13. The van der Waals surface area contributed by atoms with Gasteiger partial charge >= 0.3 is 0 Å². The van der Waals surface area contributed by atoms with Crippen LogP contribution in [0.25, 0.3) is 11.2 Å². The quantitative estimate of drug-likeness (QED) is 0.757. The van der Waals surface area contributed by atoms with Crippen molar-refractivity contribution in [3.8, 4) is 0 Å². The molecule has 1 aliphatic rings. The van der Waals surface area contributed by atoms with Crippen molar-refractivity contribution in [1.29, 1.82) is 0 Å². The minimum Gasteiger partial charge on any atom is -0.388 e. The summed E-state index contributed by atoms with van der Waals surface area (Å²) in [5, 5.41) is 10.6. The van der Waals surface area contributed by atoms with E-state index in [9.17, 15) is 9.90 Å². The smallest absolute Gasteiger partial charge is 0.279 e. The number of aromatic amines is 1. The number of H-pyrrole nitrogens is 1. The van der Waals surface area contributed by atoms with E-state index in [4.69, 9.17) is 9.47 Å². The monoisotopic (exact) mass is 368 g/mol. The van der Waals surface area contributed by atoms with E-state index in [0.29, 0.717) is 17.9 Å². The van der Waals surface area contributed by atoms with Crippen LogP contribution in [0.15, 0.2) is 11.1 Å². The van der Waals surface area contributed by atoms with E-state index in [1.54, 1.807) is 11.5 Å². The predicted molar refractivity (Wildman–Crippen MR) is 99.0 cm³/mol. The van der Waals surface area contributed by atoms with Crippen LogP contribution in [0.5, 0.6) is 0 Å². The number of hydrogen-bond donors (Lipinski definition) is 2. The lowest BCUT2D eigenvalue weighted by Gasteiger charge is -2.20. The maximum atomic E-state index is 12.0. The number of aromatic nitrogens is 4. The zero-order chi connectivity index (χ0) is 18.4. The van der Waals surface area contributed by atoms with Gasteiger partial charge in [0.05, 0.1) is 12.4 Å². The van der Waals surface area contributed by atoms with Crippen LogP contribution in [0.4, 0.5) is 0 Å². The Bertz CT molecular complexity index is 871. The number of rotatable bonds is 5. The number of methoxy groups -OCH3 is 1. The summed E-state index contributed by atoms with van der Waals surface area (Å²) >= 11 is 0. The molecule has 0 saturated carbocycles. The SMILES string of the molecule is C=P(C)(C)CCC1O[C@@H](n2cnc3c(=O)[nH]c(C)nc32)[C@H](OC)[C@@H]1O. The van der Waals surface area contributed by atoms with E-state index in [0.717, 1.165) is 6.16 Å². The number of aliphatic hydroxyl groups excluding tert-OH is 1. The molecule has 1 saturated heterocycles. The molecule has 0 aliphatic carbocycles. The number of nitrogens with zero attached hydrogens (tertiary/aromatic N) is 3. The largest absolute Gasteiger partial charge is 0.388 e. The molecule has 25 heavy (non-hydrogen) atoms. The zero-order valence-electron chi connectivity index (χ0n) is 15.0. The molecule has 1 unspecified atom stereocenters. The molecule has 1 fully saturated rings. The van der Waals surface area contributed by atoms with Crippen LogP contribution >= 0.6 is 6.89 Å². The first-order valence-corrected chi connectivity index (χ1v) is 11.2. The summed E-state index contributed by atoms with van der Waals surface area (Å²) in [6.07, 6.45) is 5.08. The second-order valence-electron chi connectivity index (χ2n) is 7.18. The molecule has 3 heterocycles. The highest BCUT2D eigenvalue weighted by molar-refractivity contribution is 7.72. The number of aryl methyl sites for hydroxylation is 1. The molecule has 0 spiro atoms. The molecule has 2 N–H and O–H groups in total. The van der Waals surface area contributed by atoms with Gasteiger partial charge in [-0.2, -0.15) is 0 Å². The number of nitrogens with one attached hydrogen (secondary N) is 1. The summed E-state index contributed by atoms with van der Waals surface area (Å²) in [6, 6.07) is 0. The number of fused-ring (bicyclic) bond motifs is 1. The van der Waals surface area contributed by atoms with E-state index >= 15 is 0 Å². The van der Waals surface area contributed by atoms with Crippen LogP contribution in [0.2, 0.25) is 0 Å². The topological polar surface area (TPSA) is 102 Å². The average Bonchev–Trinajstić information content (AvgIpc) is 3.05. The Kier molecular flexibility index (Phi) is 4.90. The van der Waals surface area contributed by atoms with Crippen molar-refractivity contribution >= 4 is 24.3 Å². The summed E-state index contributed by atoms with van der Waals surface area (Å²) in [5.41, 5.74) is 0.367. The number of ether oxygens (including phenoxy) is 2. The van der Waals surface area contributed by atoms with Crippen LogP contribution < -0.4 is 5.56 Å². The Morgan fingerprint density at radius 3 is 2.88 bits per heavy atom. The molecule has 3 rings (SSSR count). The van der Waals surface area contributed by atoms with Crippen molar-refractivity contribution in [3.05, 3.63) is 22.5 Å². The summed E-state index contributed by atoms with van der Waals surface area (Å²) in [6.45, 7) is 4.80. The Labute approximate surface area is 146 Å². The number of hydrogen-bond acceptors (Lipinski definition) is 6. The average molecular weight is 368 g/mol. The highest BCUT2D eigenvalue weighted by atomic mass is 31.2. The minimum atomic E-state index is -1.21. The lowest BCUT2D eigenvalue weighted by molar-refractivity contribution is -0.0496. The van der Waals surface area contributed by atoms with Crippen LogP contribution in [-0.4, -0.2) is 75.8 Å². The fraction of sp³-hybridized carbons (Fsp3) is 0.625. The van der Waals surface area contributed by atoms with Crippen molar-refractivity contribution in [2.45, 2.75) is 37.9 Å². The third kappa shape index (κ3) is 3.58. The summed E-state index contributed by atoms with van der Waals surface area (Å²) in [4.78, 5) is 23.2. The summed E-state index contributed by atoms with van der Waals surface area (Å²) in [7, 11) is 1.54. The first kappa shape index (κ1) is 18.3. The normalized spacial score (nSPS) is 27.2. The Hall–Kier alpha value is -1.47. The van der Waals surface area contributed by atoms with Gasteiger partial charge in [0.25, 0.3) is 5.56 Å². The molecule has 0 aromatic carbocycles. The maximum Gasteiger partial charge on any atom is 0.279 e. The van der Waals surface area contributed by atoms with Gasteiger partial charge < -0.3 is 19.6 Å². The van der Waals surface area contributed by atoms with Gasteiger partial charge in [-0.05, 0) is 32.8 Å². The van der Waals surface area contributed by atoms with Crippen molar-refractivity contribution in [2.75, 3.05) is 26.6 Å². The lowest BCUT2D eigenvalue weighted by atomic mass is 10.1. The molecule has 2 aromatic heterocycles. The Balaban J connectivity index is 1.94.